The van der Waals surface area contributed by atoms with Crippen LogP contribution in [0.3, 0.4) is 0 Å². The Morgan fingerprint density at radius 2 is 2.15 bits per heavy atom. The molecule has 1 aliphatic heterocycles. The molecular weight excluding hydrogens is 404 g/mol. The second-order valence-electron chi connectivity index (χ2n) is 5.53. The molecule has 2 aromatic heterocycles. The normalized spacial score (nSPS) is 12.1. The van der Waals surface area contributed by atoms with Crippen molar-refractivity contribution >= 4 is 51.2 Å². The average Bonchev–Trinajstić information content (AvgIpc) is 3.42. The third-order valence-corrected chi connectivity index (χ3v) is 6.57. The number of amides is 1. The molecule has 0 aliphatic carbocycles. The molecule has 0 spiro atoms. The van der Waals surface area contributed by atoms with E-state index < -0.39 is 0 Å². The van der Waals surface area contributed by atoms with Crippen LogP contribution in [0.4, 0.5) is 10.8 Å². The van der Waals surface area contributed by atoms with E-state index in [4.69, 9.17) is 9.47 Å². The standard InChI is InChI=1S/C17H16N4O3S3/c22-15(19-11-3-4-13-14(8-11)24-10-23-13)9-26-17-21-20-16(27-17)18-6-5-12-2-1-7-25-12/h1-4,7-8H,5-6,9-10H2,(H,18,20)(H,19,22). The maximum atomic E-state index is 12.1. The number of rotatable bonds is 8. The summed E-state index contributed by atoms with van der Waals surface area (Å²) in [5.41, 5.74) is 0.679. The fraction of sp³-hybridized carbons (Fsp3) is 0.235. The number of nitrogens with zero attached hydrogens (tertiary/aromatic N) is 2. The van der Waals surface area contributed by atoms with Gasteiger partial charge in [0.25, 0.3) is 0 Å². The van der Waals surface area contributed by atoms with Crippen LogP contribution in [0, 0.1) is 0 Å². The smallest absolute Gasteiger partial charge is 0.234 e. The first-order valence-corrected chi connectivity index (χ1v) is 10.9. The van der Waals surface area contributed by atoms with E-state index in [1.54, 1.807) is 29.5 Å². The van der Waals surface area contributed by atoms with Gasteiger partial charge < -0.3 is 20.1 Å². The van der Waals surface area contributed by atoms with E-state index in [-0.39, 0.29) is 18.5 Å². The zero-order valence-corrected chi connectivity index (χ0v) is 16.6. The van der Waals surface area contributed by atoms with Gasteiger partial charge in [0.15, 0.2) is 15.8 Å². The van der Waals surface area contributed by atoms with Gasteiger partial charge in [-0.1, -0.05) is 29.2 Å². The molecule has 1 aromatic carbocycles. The van der Waals surface area contributed by atoms with E-state index >= 15 is 0 Å². The molecule has 0 bridgehead atoms. The minimum absolute atomic E-state index is 0.110. The van der Waals surface area contributed by atoms with Crippen molar-refractivity contribution in [3.63, 3.8) is 0 Å². The molecule has 1 aliphatic rings. The number of hydrogen-bond donors (Lipinski definition) is 2. The molecule has 3 aromatic rings. The van der Waals surface area contributed by atoms with Gasteiger partial charge in [-0.2, -0.15) is 0 Å². The number of hydrogen-bond acceptors (Lipinski definition) is 9. The van der Waals surface area contributed by atoms with Crippen LogP contribution in [0.15, 0.2) is 40.1 Å². The number of carbonyl (C=O) groups excluding carboxylic acids is 1. The molecule has 2 N–H and O–H groups in total. The van der Waals surface area contributed by atoms with Crippen LogP contribution in [0.1, 0.15) is 4.88 Å². The van der Waals surface area contributed by atoms with Crippen LogP contribution in [0.5, 0.6) is 11.5 Å². The molecule has 0 saturated carbocycles. The molecule has 140 valence electrons. The minimum atomic E-state index is -0.110. The van der Waals surface area contributed by atoms with Crippen molar-refractivity contribution in [1.29, 1.82) is 0 Å². The summed E-state index contributed by atoms with van der Waals surface area (Å²) < 4.78 is 11.3. The van der Waals surface area contributed by atoms with Crippen molar-refractivity contribution in [2.24, 2.45) is 0 Å². The maximum absolute atomic E-state index is 12.1. The van der Waals surface area contributed by atoms with Gasteiger partial charge in [-0.15, -0.1) is 21.5 Å². The van der Waals surface area contributed by atoms with Crippen molar-refractivity contribution in [3.05, 3.63) is 40.6 Å². The van der Waals surface area contributed by atoms with Gasteiger partial charge in [0, 0.05) is 23.2 Å². The summed E-state index contributed by atoms with van der Waals surface area (Å²) in [7, 11) is 0. The number of anilines is 2. The molecule has 0 saturated heterocycles. The lowest BCUT2D eigenvalue weighted by Gasteiger charge is -2.05. The largest absolute Gasteiger partial charge is 0.454 e. The lowest BCUT2D eigenvalue weighted by Crippen LogP contribution is -2.13. The van der Waals surface area contributed by atoms with Crippen LogP contribution in [-0.2, 0) is 11.2 Å². The molecule has 7 nitrogen and oxygen atoms in total. The van der Waals surface area contributed by atoms with Gasteiger partial charge in [-0.25, -0.2) is 0 Å². The number of thioether (sulfide) groups is 1. The summed E-state index contributed by atoms with van der Waals surface area (Å²) in [6.45, 7) is 1.02. The predicted octanol–water partition coefficient (Wildman–Crippen LogP) is 3.71. The number of nitrogens with one attached hydrogen (secondary N) is 2. The van der Waals surface area contributed by atoms with Crippen molar-refractivity contribution in [2.45, 2.75) is 10.8 Å². The summed E-state index contributed by atoms with van der Waals surface area (Å²) in [6, 6.07) is 9.49. The highest BCUT2D eigenvalue weighted by Crippen LogP contribution is 2.34. The first-order valence-electron chi connectivity index (χ1n) is 8.18. The zero-order chi connectivity index (χ0) is 18.5. The monoisotopic (exact) mass is 420 g/mol. The Morgan fingerprint density at radius 3 is 3.04 bits per heavy atom. The summed E-state index contributed by atoms with van der Waals surface area (Å²) in [4.78, 5) is 13.5. The molecule has 27 heavy (non-hydrogen) atoms. The molecule has 0 unspecified atom stereocenters. The molecule has 4 rings (SSSR count). The second-order valence-corrected chi connectivity index (χ2v) is 8.77. The lowest BCUT2D eigenvalue weighted by molar-refractivity contribution is -0.113. The van der Waals surface area contributed by atoms with Gasteiger partial charge in [-0.05, 0) is 30.0 Å². The van der Waals surface area contributed by atoms with Gasteiger partial charge in [0.05, 0.1) is 5.75 Å². The number of benzene rings is 1. The molecule has 10 heteroatoms. The minimum Gasteiger partial charge on any atom is -0.454 e. The quantitative estimate of drug-likeness (QED) is 0.537. The Balaban J connectivity index is 1.21. The van der Waals surface area contributed by atoms with Gasteiger partial charge in [-0.3, -0.25) is 4.79 Å². The topological polar surface area (TPSA) is 85.4 Å². The lowest BCUT2D eigenvalue weighted by atomic mass is 10.3. The SMILES string of the molecule is O=C(CSc1nnc(NCCc2cccs2)s1)Nc1ccc2c(c1)OCO2. The van der Waals surface area contributed by atoms with E-state index in [2.05, 4.69) is 32.3 Å². The van der Waals surface area contributed by atoms with Crippen molar-refractivity contribution in [2.75, 3.05) is 29.7 Å². The number of ether oxygens (including phenoxy) is 2. The summed E-state index contributed by atoms with van der Waals surface area (Å²) in [5.74, 6) is 1.48. The Hall–Kier alpha value is -2.30. The highest BCUT2D eigenvalue weighted by Gasteiger charge is 2.14. The number of carbonyl (C=O) groups is 1. The molecule has 0 fully saturated rings. The predicted molar refractivity (Wildman–Crippen MR) is 108 cm³/mol. The number of fused-ring (bicyclic) bond motifs is 1. The summed E-state index contributed by atoms with van der Waals surface area (Å²) in [5, 5.41) is 17.2. The number of aromatic nitrogens is 2. The van der Waals surface area contributed by atoms with Crippen molar-refractivity contribution < 1.29 is 14.3 Å². The van der Waals surface area contributed by atoms with Crippen LogP contribution in [0.25, 0.3) is 0 Å². The molecule has 0 atom stereocenters. The van der Waals surface area contributed by atoms with E-state index in [1.165, 1.54) is 28.0 Å². The van der Waals surface area contributed by atoms with Gasteiger partial charge in [0.1, 0.15) is 0 Å². The van der Waals surface area contributed by atoms with Crippen LogP contribution >= 0.6 is 34.4 Å². The fourth-order valence-corrected chi connectivity index (χ4v) is 4.67. The Kier molecular flexibility index (Phi) is 5.75. The fourth-order valence-electron chi connectivity index (χ4n) is 2.39. The van der Waals surface area contributed by atoms with Crippen LogP contribution in [-0.4, -0.2) is 35.2 Å². The summed E-state index contributed by atoms with van der Waals surface area (Å²) in [6.07, 6.45) is 0.956. The Bertz CT molecular complexity index is 914. The highest BCUT2D eigenvalue weighted by molar-refractivity contribution is 8.01. The second kappa shape index (κ2) is 8.59. The first kappa shape index (κ1) is 18.1. The maximum Gasteiger partial charge on any atom is 0.234 e. The first-order chi connectivity index (χ1) is 13.3. The van der Waals surface area contributed by atoms with Crippen molar-refractivity contribution in [1.82, 2.24) is 10.2 Å². The van der Waals surface area contributed by atoms with Gasteiger partial charge in [0.2, 0.25) is 17.8 Å². The number of thiophene rings is 1. The zero-order valence-electron chi connectivity index (χ0n) is 14.1. The average molecular weight is 421 g/mol. The summed E-state index contributed by atoms with van der Waals surface area (Å²) >= 11 is 4.56. The molecule has 1 amide bonds. The van der Waals surface area contributed by atoms with Gasteiger partial charge >= 0.3 is 0 Å². The molecular formula is C17H16N4O3S3. The van der Waals surface area contributed by atoms with E-state index in [1.807, 2.05) is 6.07 Å². The molecule has 3 heterocycles. The van der Waals surface area contributed by atoms with E-state index in [0.717, 1.165) is 22.4 Å². The van der Waals surface area contributed by atoms with Crippen LogP contribution in [0.2, 0.25) is 0 Å². The van der Waals surface area contributed by atoms with E-state index in [9.17, 15) is 4.79 Å². The Labute approximate surface area is 168 Å². The van der Waals surface area contributed by atoms with Crippen molar-refractivity contribution in [3.8, 4) is 11.5 Å². The van der Waals surface area contributed by atoms with Crippen LogP contribution < -0.4 is 20.1 Å². The molecule has 0 radical (unpaired) electrons. The Morgan fingerprint density at radius 1 is 1.22 bits per heavy atom. The third-order valence-electron chi connectivity index (χ3n) is 3.62. The highest BCUT2D eigenvalue weighted by atomic mass is 32.2. The third kappa shape index (κ3) is 4.90. The van der Waals surface area contributed by atoms with E-state index in [0.29, 0.717) is 17.2 Å².